The Balaban J connectivity index is 1.70. The summed E-state index contributed by atoms with van der Waals surface area (Å²) in [6.07, 6.45) is 14.3. The van der Waals surface area contributed by atoms with E-state index in [-0.39, 0.29) is 7.92 Å². The number of rotatable bonds is 9. The van der Waals surface area contributed by atoms with Crippen LogP contribution in [0.1, 0.15) is 115 Å². The second-order valence-corrected chi connectivity index (χ2v) is 15.7. The van der Waals surface area contributed by atoms with Gasteiger partial charge in [0.2, 0.25) is 0 Å². The SMILES string of the molecule is COc1cc(OC)cc(-c2cc(C(C)C)c(-c3ccccc3P(C3CCCCC3)C3CCCCC3)c(C(C)C)c2)c1. The summed E-state index contributed by atoms with van der Waals surface area (Å²) in [5.74, 6) is 2.49. The van der Waals surface area contributed by atoms with Crippen molar-refractivity contribution in [3.8, 4) is 33.8 Å². The van der Waals surface area contributed by atoms with Crippen LogP contribution >= 0.6 is 7.92 Å². The molecule has 3 heteroatoms. The molecule has 2 nitrogen and oxygen atoms in total. The molecule has 0 radical (unpaired) electrons. The van der Waals surface area contributed by atoms with E-state index in [1.807, 2.05) is 6.07 Å². The largest absolute Gasteiger partial charge is 0.497 e. The highest BCUT2D eigenvalue weighted by atomic mass is 31.1. The minimum Gasteiger partial charge on any atom is -0.497 e. The van der Waals surface area contributed by atoms with Crippen LogP contribution in [0.15, 0.2) is 54.6 Å². The van der Waals surface area contributed by atoms with Crippen LogP contribution < -0.4 is 14.8 Å². The van der Waals surface area contributed by atoms with Crippen LogP contribution in [0.2, 0.25) is 0 Å². The second kappa shape index (κ2) is 13.8. The van der Waals surface area contributed by atoms with Gasteiger partial charge in [0.15, 0.2) is 0 Å². The van der Waals surface area contributed by atoms with Crippen molar-refractivity contribution in [2.75, 3.05) is 14.2 Å². The smallest absolute Gasteiger partial charge is 0.123 e. The summed E-state index contributed by atoms with van der Waals surface area (Å²) in [7, 11) is 3.26. The molecule has 0 amide bonds. The standard InChI is InChI=1S/C38H51O2P/c1-26(2)35-23-29(28-21-30(39-5)25-31(22-28)40-6)24-36(27(3)4)38(35)34-19-13-14-20-37(34)41(32-15-9-7-10-16-32)33-17-11-8-12-18-33/h13-14,19-27,32-33H,7-12,15-18H2,1-6H3. The first kappa shape index (κ1) is 30.2. The van der Waals surface area contributed by atoms with Gasteiger partial charge in [0, 0.05) is 6.07 Å². The fourth-order valence-corrected chi connectivity index (χ4v) is 11.3. The first-order valence-corrected chi connectivity index (χ1v) is 17.7. The van der Waals surface area contributed by atoms with E-state index >= 15 is 0 Å². The van der Waals surface area contributed by atoms with E-state index in [9.17, 15) is 0 Å². The summed E-state index contributed by atoms with van der Waals surface area (Å²) in [5, 5.41) is 1.70. The van der Waals surface area contributed by atoms with E-state index in [2.05, 4.69) is 76.2 Å². The highest BCUT2D eigenvalue weighted by Crippen LogP contribution is 2.57. The third-order valence-electron chi connectivity index (χ3n) is 9.52. The number of benzene rings is 3. The first-order valence-electron chi connectivity index (χ1n) is 16.2. The average molecular weight is 571 g/mol. The molecular weight excluding hydrogens is 519 g/mol. The maximum atomic E-state index is 5.65. The highest BCUT2D eigenvalue weighted by molar-refractivity contribution is 7.67. The molecule has 0 saturated heterocycles. The molecule has 3 aromatic carbocycles. The predicted molar refractivity (Wildman–Crippen MR) is 179 cm³/mol. The van der Waals surface area contributed by atoms with Gasteiger partial charge in [0.05, 0.1) is 14.2 Å². The normalized spacial score (nSPS) is 17.0. The fourth-order valence-electron chi connectivity index (χ4n) is 7.37. The van der Waals surface area contributed by atoms with Crippen molar-refractivity contribution in [2.45, 2.75) is 115 Å². The zero-order valence-corrected chi connectivity index (χ0v) is 27.2. The van der Waals surface area contributed by atoms with Crippen LogP contribution in [0, 0.1) is 0 Å². The van der Waals surface area contributed by atoms with Crippen molar-refractivity contribution in [3.63, 3.8) is 0 Å². The van der Waals surface area contributed by atoms with Gasteiger partial charge in [-0.05, 0) is 99.7 Å². The Hall–Kier alpha value is -2.31. The van der Waals surface area contributed by atoms with Gasteiger partial charge in [-0.3, -0.25) is 0 Å². The minimum atomic E-state index is -0.198. The average Bonchev–Trinajstić information content (AvgIpc) is 3.01. The van der Waals surface area contributed by atoms with Crippen molar-refractivity contribution >= 4 is 13.2 Å². The summed E-state index contributed by atoms with van der Waals surface area (Å²) in [5.41, 5.74) is 10.1. The summed E-state index contributed by atoms with van der Waals surface area (Å²) >= 11 is 0. The molecule has 0 spiro atoms. The van der Waals surface area contributed by atoms with Crippen LogP contribution in [0.4, 0.5) is 0 Å². The van der Waals surface area contributed by atoms with E-state index in [4.69, 9.17) is 9.47 Å². The summed E-state index contributed by atoms with van der Waals surface area (Å²) in [4.78, 5) is 0. The Labute approximate surface area is 251 Å². The molecule has 220 valence electrons. The van der Waals surface area contributed by atoms with Crippen LogP contribution in [0.25, 0.3) is 22.3 Å². The molecule has 5 rings (SSSR count). The highest BCUT2D eigenvalue weighted by Gasteiger charge is 2.34. The maximum Gasteiger partial charge on any atom is 0.123 e. The Bertz CT molecular complexity index is 1230. The van der Waals surface area contributed by atoms with E-state index in [1.54, 1.807) is 19.5 Å². The Morgan fingerprint density at radius 1 is 0.610 bits per heavy atom. The molecule has 0 unspecified atom stereocenters. The lowest BCUT2D eigenvalue weighted by Crippen LogP contribution is -2.27. The topological polar surface area (TPSA) is 18.5 Å². The maximum absolute atomic E-state index is 5.65. The molecule has 0 bridgehead atoms. The third kappa shape index (κ3) is 6.69. The number of hydrogen-bond donors (Lipinski definition) is 0. The van der Waals surface area contributed by atoms with Crippen LogP contribution in [0.5, 0.6) is 11.5 Å². The lowest BCUT2D eigenvalue weighted by molar-refractivity contribution is 0.394. The summed E-state index contributed by atoms with van der Waals surface area (Å²) < 4.78 is 11.3. The molecule has 0 heterocycles. The number of methoxy groups -OCH3 is 2. The quantitative estimate of drug-likeness (QED) is 0.238. The lowest BCUT2D eigenvalue weighted by atomic mass is 9.82. The zero-order chi connectivity index (χ0) is 28.9. The molecule has 0 aromatic heterocycles. The molecule has 41 heavy (non-hydrogen) atoms. The van der Waals surface area contributed by atoms with Gasteiger partial charge in [-0.1, -0.05) is 111 Å². The van der Waals surface area contributed by atoms with Crippen molar-refractivity contribution < 1.29 is 9.47 Å². The molecular formula is C38H51O2P. The molecule has 2 aliphatic rings. The third-order valence-corrected chi connectivity index (χ3v) is 13.1. The van der Waals surface area contributed by atoms with Gasteiger partial charge in [-0.2, -0.15) is 0 Å². The van der Waals surface area contributed by atoms with Crippen LogP contribution in [0.3, 0.4) is 0 Å². The predicted octanol–water partition coefficient (Wildman–Crippen LogP) is 11.1. The minimum absolute atomic E-state index is 0.198. The summed E-state index contributed by atoms with van der Waals surface area (Å²) in [6, 6.07) is 20.8. The van der Waals surface area contributed by atoms with Gasteiger partial charge in [0.25, 0.3) is 0 Å². The van der Waals surface area contributed by atoms with Gasteiger partial charge in [0.1, 0.15) is 11.5 Å². The first-order chi connectivity index (χ1) is 19.9. The molecule has 3 aromatic rings. The van der Waals surface area contributed by atoms with Gasteiger partial charge in [-0.25, -0.2) is 0 Å². The molecule has 0 N–H and O–H groups in total. The van der Waals surface area contributed by atoms with Crippen molar-refractivity contribution in [3.05, 3.63) is 65.7 Å². The molecule has 2 saturated carbocycles. The van der Waals surface area contributed by atoms with Crippen molar-refractivity contribution in [1.29, 1.82) is 0 Å². The lowest BCUT2D eigenvalue weighted by Gasteiger charge is -2.40. The van der Waals surface area contributed by atoms with Crippen molar-refractivity contribution in [1.82, 2.24) is 0 Å². The Morgan fingerprint density at radius 3 is 1.54 bits per heavy atom. The number of ether oxygens (including phenoxy) is 2. The van der Waals surface area contributed by atoms with Gasteiger partial charge >= 0.3 is 0 Å². The molecule has 0 atom stereocenters. The van der Waals surface area contributed by atoms with E-state index in [1.165, 1.54) is 92.0 Å². The molecule has 0 aliphatic heterocycles. The van der Waals surface area contributed by atoms with Gasteiger partial charge in [-0.15, -0.1) is 0 Å². The van der Waals surface area contributed by atoms with E-state index < -0.39 is 0 Å². The summed E-state index contributed by atoms with van der Waals surface area (Å²) in [6.45, 7) is 9.47. The molecule has 2 fully saturated rings. The monoisotopic (exact) mass is 570 g/mol. The Kier molecular flexibility index (Phi) is 10.1. The number of hydrogen-bond acceptors (Lipinski definition) is 2. The van der Waals surface area contributed by atoms with Gasteiger partial charge < -0.3 is 9.47 Å². The fraction of sp³-hybridized carbons (Fsp3) is 0.526. The second-order valence-electron chi connectivity index (χ2n) is 12.9. The van der Waals surface area contributed by atoms with E-state index in [0.29, 0.717) is 11.8 Å². The van der Waals surface area contributed by atoms with Crippen LogP contribution in [-0.2, 0) is 0 Å². The Morgan fingerprint density at radius 2 is 1.07 bits per heavy atom. The molecule has 2 aliphatic carbocycles. The van der Waals surface area contributed by atoms with E-state index in [0.717, 1.165) is 28.4 Å². The van der Waals surface area contributed by atoms with Crippen molar-refractivity contribution in [2.24, 2.45) is 0 Å². The zero-order valence-electron chi connectivity index (χ0n) is 26.3. The van der Waals surface area contributed by atoms with Crippen LogP contribution in [-0.4, -0.2) is 25.5 Å².